The molecule has 108 valence electrons. The highest BCUT2D eigenvalue weighted by atomic mass is 35.5. The van der Waals surface area contributed by atoms with E-state index < -0.39 is 5.97 Å². The number of halogens is 2. The third-order valence-corrected chi connectivity index (χ3v) is 3.45. The smallest absolute Gasteiger partial charge is 0.339 e. The van der Waals surface area contributed by atoms with E-state index in [1.54, 1.807) is 31.2 Å². The Kier molecular flexibility index (Phi) is 4.94. The van der Waals surface area contributed by atoms with Gasteiger partial charge < -0.3 is 4.74 Å². The maximum absolute atomic E-state index is 11.7. The van der Waals surface area contributed by atoms with Gasteiger partial charge in [-0.3, -0.25) is 0 Å². The van der Waals surface area contributed by atoms with Crippen LogP contribution >= 0.6 is 23.2 Å². The number of benzene rings is 1. The molecule has 2 aromatic rings. The SMILES string of the molecule is C=C(C(=O)OCC)c1cc(-c2ccc(Cl)c(Cl)c2)ncn1. The summed E-state index contributed by atoms with van der Waals surface area (Å²) in [6, 6.07) is 6.82. The Morgan fingerprint density at radius 3 is 2.67 bits per heavy atom. The first kappa shape index (κ1) is 15.5. The van der Waals surface area contributed by atoms with Gasteiger partial charge in [-0.2, -0.15) is 0 Å². The van der Waals surface area contributed by atoms with Gasteiger partial charge in [0.25, 0.3) is 0 Å². The third kappa shape index (κ3) is 3.60. The molecule has 0 spiro atoms. The fourth-order valence-electron chi connectivity index (χ4n) is 1.66. The summed E-state index contributed by atoms with van der Waals surface area (Å²) in [6.07, 6.45) is 1.36. The van der Waals surface area contributed by atoms with E-state index in [2.05, 4.69) is 16.5 Å². The van der Waals surface area contributed by atoms with Crippen LogP contribution in [0.5, 0.6) is 0 Å². The summed E-state index contributed by atoms with van der Waals surface area (Å²) in [7, 11) is 0. The minimum atomic E-state index is -0.503. The molecule has 0 N–H and O–H groups in total. The minimum absolute atomic E-state index is 0.181. The Balaban J connectivity index is 2.35. The first-order valence-electron chi connectivity index (χ1n) is 6.16. The molecule has 2 rings (SSSR count). The molecule has 0 saturated carbocycles. The third-order valence-electron chi connectivity index (χ3n) is 2.71. The summed E-state index contributed by atoms with van der Waals surface area (Å²) >= 11 is 11.9. The maximum atomic E-state index is 11.7. The van der Waals surface area contributed by atoms with Crippen molar-refractivity contribution in [3.8, 4) is 11.3 Å². The van der Waals surface area contributed by atoms with Gasteiger partial charge in [-0.15, -0.1) is 0 Å². The lowest BCUT2D eigenvalue weighted by molar-refractivity contribution is -0.136. The van der Waals surface area contributed by atoms with Gasteiger partial charge in [-0.25, -0.2) is 14.8 Å². The van der Waals surface area contributed by atoms with Crippen molar-refractivity contribution in [3.63, 3.8) is 0 Å². The number of aromatic nitrogens is 2. The van der Waals surface area contributed by atoms with Gasteiger partial charge in [0.1, 0.15) is 6.33 Å². The molecule has 0 atom stereocenters. The van der Waals surface area contributed by atoms with Crippen molar-refractivity contribution in [3.05, 3.63) is 52.9 Å². The number of hydrogen-bond acceptors (Lipinski definition) is 4. The average molecular weight is 323 g/mol. The second-order valence-electron chi connectivity index (χ2n) is 4.12. The highest BCUT2D eigenvalue weighted by Gasteiger charge is 2.13. The number of carbonyl (C=O) groups excluding carboxylic acids is 1. The average Bonchev–Trinajstić information content (AvgIpc) is 2.49. The van der Waals surface area contributed by atoms with E-state index in [4.69, 9.17) is 27.9 Å². The van der Waals surface area contributed by atoms with E-state index in [1.165, 1.54) is 6.33 Å². The summed E-state index contributed by atoms with van der Waals surface area (Å²) in [5, 5.41) is 0.893. The molecule has 1 heterocycles. The molecule has 0 bridgehead atoms. The molecule has 6 heteroatoms. The molecule has 0 amide bonds. The Hall–Kier alpha value is -1.91. The van der Waals surface area contributed by atoms with E-state index in [1.807, 2.05) is 0 Å². The van der Waals surface area contributed by atoms with E-state index in [-0.39, 0.29) is 12.2 Å². The van der Waals surface area contributed by atoms with Crippen molar-refractivity contribution in [2.75, 3.05) is 6.61 Å². The summed E-state index contributed by atoms with van der Waals surface area (Å²) in [5.74, 6) is -0.503. The maximum Gasteiger partial charge on any atom is 0.339 e. The Labute approximate surface area is 132 Å². The second-order valence-corrected chi connectivity index (χ2v) is 4.93. The van der Waals surface area contributed by atoms with E-state index in [9.17, 15) is 4.79 Å². The van der Waals surface area contributed by atoms with Gasteiger partial charge in [0.2, 0.25) is 0 Å². The number of hydrogen-bond donors (Lipinski definition) is 0. The summed E-state index contributed by atoms with van der Waals surface area (Å²) in [4.78, 5) is 19.9. The number of ether oxygens (including phenoxy) is 1. The minimum Gasteiger partial charge on any atom is -0.462 e. The number of esters is 1. The Morgan fingerprint density at radius 1 is 1.24 bits per heavy atom. The van der Waals surface area contributed by atoms with Crippen molar-refractivity contribution in [2.24, 2.45) is 0 Å². The van der Waals surface area contributed by atoms with E-state index in [0.717, 1.165) is 5.56 Å². The summed E-state index contributed by atoms with van der Waals surface area (Å²) in [5.41, 5.74) is 1.97. The van der Waals surface area contributed by atoms with Crippen LogP contribution in [-0.2, 0) is 9.53 Å². The molecular weight excluding hydrogens is 311 g/mol. The van der Waals surface area contributed by atoms with Crippen LogP contribution in [0.2, 0.25) is 10.0 Å². The molecule has 0 saturated heterocycles. The van der Waals surface area contributed by atoms with Crippen LogP contribution in [0.15, 0.2) is 37.2 Å². The second kappa shape index (κ2) is 6.70. The lowest BCUT2D eigenvalue weighted by Crippen LogP contribution is -2.07. The number of carbonyl (C=O) groups is 1. The van der Waals surface area contributed by atoms with Crippen molar-refractivity contribution in [2.45, 2.75) is 6.92 Å². The quantitative estimate of drug-likeness (QED) is 0.630. The highest BCUT2D eigenvalue weighted by Crippen LogP contribution is 2.28. The molecule has 21 heavy (non-hydrogen) atoms. The lowest BCUT2D eigenvalue weighted by Gasteiger charge is -2.07. The van der Waals surface area contributed by atoms with Crippen LogP contribution in [0.3, 0.4) is 0 Å². The van der Waals surface area contributed by atoms with Crippen molar-refractivity contribution in [1.82, 2.24) is 9.97 Å². The summed E-state index contributed by atoms with van der Waals surface area (Å²) < 4.78 is 4.90. The number of nitrogens with zero attached hydrogens (tertiary/aromatic N) is 2. The topological polar surface area (TPSA) is 52.1 Å². The zero-order valence-corrected chi connectivity index (χ0v) is 12.8. The molecule has 1 aromatic carbocycles. The fraction of sp³-hybridized carbons (Fsp3) is 0.133. The largest absolute Gasteiger partial charge is 0.462 e. The van der Waals surface area contributed by atoms with E-state index in [0.29, 0.717) is 21.4 Å². The van der Waals surface area contributed by atoms with Crippen molar-refractivity contribution in [1.29, 1.82) is 0 Å². The molecule has 0 aliphatic rings. The molecule has 0 fully saturated rings. The monoisotopic (exact) mass is 322 g/mol. The lowest BCUT2D eigenvalue weighted by atomic mass is 10.1. The fourth-order valence-corrected chi connectivity index (χ4v) is 1.96. The van der Waals surface area contributed by atoms with Gasteiger partial charge in [-0.05, 0) is 25.1 Å². The Morgan fingerprint density at radius 2 is 2.00 bits per heavy atom. The first-order chi connectivity index (χ1) is 10.0. The molecule has 0 aliphatic heterocycles. The van der Waals surface area contributed by atoms with Crippen LogP contribution in [0, 0.1) is 0 Å². The van der Waals surface area contributed by atoms with Crippen LogP contribution < -0.4 is 0 Å². The molecule has 0 radical (unpaired) electrons. The van der Waals surface area contributed by atoms with Gasteiger partial charge in [0.05, 0.1) is 33.6 Å². The van der Waals surface area contributed by atoms with Gasteiger partial charge in [0.15, 0.2) is 0 Å². The molecular formula is C15H12Cl2N2O2. The predicted octanol–water partition coefficient (Wildman–Crippen LogP) is 4.03. The van der Waals surface area contributed by atoms with Crippen molar-refractivity contribution >= 4 is 34.7 Å². The predicted molar refractivity (Wildman–Crippen MR) is 83.2 cm³/mol. The normalized spacial score (nSPS) is 10.2. The molecule has 0 aliphatic carbocycles. The Bertz CT molecular complexity index is 702. The van der Waals surface area contributed by atoms with Crippen LogP contribution in [0.1, 0.15) is 12.6 Å². The highest BCUT2D eigenvalue weighted by molar-refractivity contribution is 6.42. The molecule has 4 nitrogen and oxygen atoms in total. The van der Waals surface area contributed by atoms with Crippen LogP contribution in [0.4, 0.5) is 0 Å². The zero-order chi connectivity index (χ0) is 15.4. The zero-order valence-electron chi connectivity index (χ0n) is 11.3. The van der Waals surface area contributed by atoms with Gasteiger partial charge in [0, 0.05) is 5.56 Å². The molecule has 1 aromatic heterocycles. The van der Waals surface area contributed by atoms with Gasteiger partial charge >= 0.3 is 5.97 Å². The molecule has 0 unspecified atom stereocenters. The number of rotatable bonds is 4. The standard InChI is InChI=1S/C15H12Cl2N2O2/c1-3-21-15(20)9(2)13-7-14(19-8-18-13)10-4-5-11(16)12(17)6-10/h4-8H,2-3H2,1H3. The van der Waals surface area contributed by atoms with Crippen LogP contribution in [0.25, 0.3) is 16.8 Å². The van der Waals surface area contributed by atoms with Crippen molar-refractivity contribution < 1.29 is 9.53 Å². The van der Waals surface area contributed by atoms with E-state index >= 15 is 0 Å². The van der Waals surface area contributed by atoms with Gasteiger partial charge in [-0.1, -0.05) is 35.8 Å². The summed E-state index contributed by atoms with van der Waals surface area (Å²) in [6.45, 7) is 5.71. The van der Waals surface area contributed by atoms with Crippen LogP contribution in [-0.4, -0.2) is 22.5 Å². The first-order valence-corrected chi connectivity index (χ1v) is 6.92.